The molecule has 0 saturated carbocycles. The predicted molar refractivity (Wildman–Crippen MR) is 118 cm³/mol. The molecule has 0 saturated heterocycles. The summed E-state index contributed by atoms with van der Waals surface area (Å²) in [5, 5.41) is 0.660. The lowest BCUT2D eigenvalue weighted by Crippen LogP contribution is -2.21. The molecule has 30 heavy (non-hydrogen) atoms. The van der Waals surface area contributed by atoms with E-state index in [0.717, 1.165) is 16.6 Å². The molecule has 0 spiro atoms. The number of ether oxygens (including phenoxy) is 1. The summed E-state index contributed by atoms with van der Waals surface area (Å²) in [6.07, 6.45) is 1.20. The second-order valence-corrected chi connectivity index (χ2v) is 7.63. The topological polar surface area (TPSA) is 55.6 Å². The first-order chi connectivity index (χ1) is 14.5. The van der Waals surface area contributed by atoms with Crippen LogP contribution in [0.25, 0.3) is 22.6 Å². The van der Waals surface area contributed by atoms with Crippen molar-refractivity contribution in [3.63, 3.8) is 0 Å². The molecule has 1 heterocycles. The normalized spacial score (nSPS) is 10.9. The van der Waals surface area contributed by atoms with Crippen LogP contribution in [0.5, 0.6) is 11.5 Å². The van der Waals surface area contributed by atoms with E-state index in [2.05, 4.69) is 4.98 Å². The van der Waals surface area contributed by atoms with Crippen molar-refractivity contribution >= 4 is 28.6 Å². The minimum atomic E-state index is 0.120. The smallest absolute Gasteiger partial charge is 0.227 e. The molecule has 0 unspecified atom stereocenters. The third kappa shape index (κ3) is 4.63. The average Bonchev–Trinajstić information content (AvgIpc) is 3.17. The Morgan fingerprint density at radius 1 is 1.00 bits per heavy atom. The second kappa shape index (κ2) is 8.59. The van der Waals surface area contributed by atoms with Crippen molar-refractivity contribution in [3.8, 4) is 23.0 Å². The van der Waals surface area contributed by atoms with Crippen LogP contribution < -0.4 is 4.74 Å². The first-order valence-corrected chi connectivity index (χ1v) is 9.99. The monoisotopic (exact) mass is 420 g/mol. The standard InChI is InChI=1S/C24H21ClN2O3/c1-27(2)23(28)14-5-16-3-6-17(7-4-16)24-26-21-13-12-20(15-22(21)30-24)29-19-10-8-18(25)9-11-19/h3-4,6-13,15H,5,14H2,1-2H3. The van der Waals surface area contributed by atoms with Crippen LogP contribution in [0.2, 0.25) is 5.02 Å². The second-order valence-electron chi connectivity index (χ2n) is 7.19. The van der Waals surface area contributed by atoms with Gasteiger partial charge in [-0.25, -0.2) is 4.98 Å². The maximum Gasteiger partial charge on any atom is 0.227 e. The third-order valence-electron chi connectivity index (χ3n) is 4.74. The fraction of sp³-hybridized carbons (Fsp3) is 0.167. The molecule has 152 valence electrons. The van der Waals surface area contributed by atoms with Crippen molar-refractivity contribution in [2.45, 2.75) is 12.8 Å². The molecular weight excluding hydrogens is 400 g/mol. The van der Waals surface area contributed by atoms with Gasteiger partial charge >= 0.3 is 0 Å². The molecule has 0 aliphatic heterocycles. The maximum absolute atomic E-state index is 11.7. The van der Waals surface area contributed by atoms with E-state index in [4.69, 9.17) is 20.8 Å². The van der Waals surface area contributed by atoms with E-state index in [1.165, 1.54) is 0 Å². The van der Waals surface area contributed by atoms with Crippen molar-refractivity contribution in [2.75, 3.05) is 14.1 Å². The molecule has 0 fully saturated rings. The van der Waals surface area contributed by atoms with Gasteiger partial charge in [0.1, 0.15) is 17.0 Å². The molecule has 3 aromatic carbocycles. The molecule has 6 heteroatoms. The number of fused-ring (bicyclic) bond motifs is 1. The molecule has 0 aliphatic carbocycles. The number of carbonyl (C=O) groups is 1. The van der Waals surface area contributed by atoms with Gasteiger partial charge in [0.05, 0.1) is 0 Å². The van der Waals surface area contributed by atoms with E-state index in [0.29, 0.717) is 40.8 Å². The summed E-state index contributed by atoms with van der Waals surface area (Å²) >= 11 is 5.91. The largest absolute Gasteiger partial charge is 0.457 e. The molecule has 0 atom stereocenters. The quantitative estimate of drug-likeness (QED) is 0.386. The minimum Gasteiger partial charge on any atom is -0.457 e. The van der Waals surface area contributed by atoms with Crippen molar-refractivity contribution < 1.29 is 13.9 Å². The summed E-state index contributed by atoms with van der Waals surface area (Å²) in [6.45, 7) is 0. The number of amides is 1. The fourth-order valence-corrected chi connectivity index (χ4v) is 3.15. The summed E-state index contributed by atoms with van der Waals surface area (Å²) in [5.74, 6) is 2.02. The molecule has 5 nitrogen and oxygen atoms in total. The number of nitrogens with zero attached hydrogens (tertiary/aromatic N) is 2. The van der Waals surface area contributed by atoms with E-state index in [1.54, 1.807) is 31.1 Å². The van der Waals surface area contributed by atoms with Crippen LogP contribution in [0.1, 0.15) is 12.0 Å². The number of aromatic nitrogens is 1. The lowest BCUT2D eigenvalue weighted by Gasteiger charge is -2.09. The average molecular weight is 421 g/mol. The number of rotatable bonds is 6. The Morgan fingerprint density at radius 3 is 2.40 bits per heavy atom. The van der Waals surface area contributed by atoms with Gasteiger partial charge in [-0.05, 0) is 60.5 Å². The number of hydrogen-bond acceptors (Lipinski definition) is 4. The Kier molecular flexibility index (Phi) is 5.72. The zero-order valence-electron chi connectivity index (χ0n) is 16.8. The molecule has 4 aromatic rings. The number of carbonyl (C=O) groups excluding carboxylic acids is 1. The number of hydrogen-bond donors (Lipinski definition) is 0. The van der Waals surface area contributed by atoms with E-state index in [-0.39, 0.29) is 5.91 Å². The van der Waals surface area contributed by atoms with E-state index in [9.17, 15) is 4.79 Å². The van der Waals surface area contributed by atoms with Crippen molar-refractivity contribution in [3.05, 3.63) is 77.3 Å². The van der Waals surface area contributed by atoms with Gasteiger partial charge in [0.15, 0.2) is 5.58 Å². The first-order valence-electron chi connectivity index (χ1n) is 9.61. The summed E-state index contributed by atoms with van der Waals surface area (Å²) in [6, 6.07) is 20.7. The van der Waals surface area contributed by atoms with E-state index >= 15 is 0 Å². The zero-order valence-corrected chi connectivity index (χ0v) is 17.5. The Hall–Kier alpha value is -3.31. The minimum absolute atomic E-state index is 0.120. The number of benzene rings is 3. The molecular formula is C24H21ClN2O3. The van der Waals surface area contributed by atoms with Crippen LogP contribution in [0.4, 0.5) is 0 Å². The molecule has 1 amide bonds. The van der Waals surface area contributed by atoms with Crippen LogP contribution in [0.3, 0.4) is 0 Å². The molecule has 1 aromatic heterocycles. The van der Waals surface area contributed by atoms with Crippen molar-refractivity contribution in [2.24, 2.45) is 0 Å². The lowest BCUT2D eigenvalue weighted by atomic mass is 10.1. The van der Waals surface area contributed by atoms with Gasteiger partial charge in [-0.15, -0.1) is 0 Å². The molecule has 0 bridgehead atoms. The molecule has 0 aliphatic rings. The highest BCUT2D eigenvalue weighted by Gasteiger charge is 2.11. The summed E-state index contributed by atoms with van der Waals surface area (Å²) in [5.41, 5.74) is 3.39. The van der Waals surface area contributed by atoms with Crippen molar-refractivity contribution in [1.82, 2.24) is 9.88 Å². The van der Waals surface area contributed by atoms with Crippen molar-refractivity contribution in [1.29, 1.82) is 0 Å². The number of aryl methyl sites for hydroxylation is 1. The van der Waals surface area contributed by atoms with Gasteiger partial charge in [-0.2, -0.15) is 0 Å². The Labute approximate surface area is 179 Å². The van der Waals surface area contributed by atoms with Gasteiger partial charge in [-0.3, -0.25) is 4.79 Å². The highest BCUT2D eigenvalue weighted by Crippen LogP contribution is 2.30. The number of oxazole rings is 1. The van der Waals surface area contributed by atoms with Crippen LogP contribution in [-0.4, -0.2) is 29.9 Å². The Balaban J connectivity index is 1.49. The lowest BCUT2D eigenvalue weighted by molar-refractivity contribution is -0.128. The summed E-state index contributed by atoms with van der Waals surface area (Å²) in [4.78, 5) is 17.9. The van der Waals surface area contributed by atoms with Gasteiger partial charge in [0.25, 0.3) is 0 Å². The third-order valence-corrected chi connectivity index (χ3v) is 4.99. The van der Waals surface area contributed by atoms with Crippen LogP contribution in [0, 0.1) is 0 Å². The maximum atomic E-state index is 11.7. The Bertz CT molecular complexity index is 1170. The van der Waals surface area contributed by atoms with Crippen LogP contribution in [-0.2, 0) is 11.2 Å². The van der Waals surface area contributed by atoms with E-state index in [1.807, 2.05) is 54.6 Å². The van der Waals surface area contributed by atoms with Crippen LogP contribution in [0.15, 0.2) is 71.1 Å². The molecule has 4 rings (SSSR count). The van der Waals surface area contributed by atoms with Gasteiger partial charge < -0.3 is 14.1 Å². The first kappa shape index (κ1) is 20.0. The van der Waals surface area contributed by atoms with Crippen LogP contribution >= 0.6 is 11.6 Å². The molecule has 0 N–H and O–H groups in total. The highest BCUT2D eigenvalue weighted by atomic mass is 35.5. The zero-order chi connectivity index (χ0) is 21.1. The summed E-state index contributed by atoms with van der Waals surface area (Å²) < 4.78 is 11.8. The number of halogens is 1. The van der Waals surface area contributed by atoms with Gasteiger partial charge in [-0.1, -0.05) is 23.7 Å². The van der Waals surface area contributed by atoms with Gasteiger partial charge in [0, 0.05) is 37.2 Å². The highest BCUT2D eigenvalue weighted by molar-refractivity contribution is 6.30. The Morgan fingerprint density at radius 2 is 1.70 bits per heavy atom. The SMILES string of the molecule is CN(C)C(=O)CCc1ccc(-c2nc3ccc(Oc4ccc(Cl)cc4)cc3o2)cc1. The molecule has 0 radical (unpaired) electrons. The predicted octanol–water partition coefficient (Wildman–Crippen LogP) is 5.96. The van der Waals surface area contributed by atoms with Gasteiger partial charge in [0.2, 0.25) is 11.8 Å². The fourth-order valence-electron chi connectivity index (χ4n) is 3.02. The summed E-state index contributed by atoms with van der Waals surface area (Å²) in [7, 11) is 3.54. The van der Waals surface area contributed by atoms with E-state index < -0.39 is 0 Å².